The lowest BCUT2D eigenvalue weighted by Crippen LogP contribution is -2.50. The number of sulfone groups is 1. The fraction of sp³-hybridized carbons (Fsp3) is 0.867. The molecule has 2 fully saturated rings. The maximum absolute atomic E-state index is 12.7. The molecule has 1 aliphatic heterocycles. The van der Waals surface area contributed by atoms with Crippen LogP contribution in [-0.4, -0.2) is 73.3 Å². The van der Waals surface area contributed by atoms with Gasteiger partial charge in [-0.05, 0) is 26.2 Å². The molecule has 0 radical (unpaired) electrons. The molecule has 2 aliphatic rings. The average Bonchev–Trinajstić information content (AvgIpc) is 3.08. The number of likely N-dealkylation sites (N-methyl/N-ethyl adjacent to an activating group) is 1. The fourth-order valence-corrected chi connectivity index (χ4v) is 5.44. The van der Waals surface area contributed by atoms with Crippen LogP contribution in [0.4, 0.5) is 0 Å². The van der Waals surface area contributed by atoms with E-state index in [9.17, 15) is 18.0 Å². The highest BCUT2D eigenvalue weighted by Gasteiger charge is 2.35. The number of carbonyl (C=O) groups excluding carboxylic acids is 2. The molecule has 0 aromatic heterocycles. The van der Waals surface area contributed by atoms with E-state index in [1.54, 1.807) is 4.90 Å². The first-order valence-electron chi connectivity index (χ1n) is 8.34. The molecule has 0 aromatic rings. The summed E-state index contributed by atoms with van der Waals surface area (Å²) in [6.45, 7) is 2.56. The van der Waals surface area contributed by atoms with Crippen LogP contribution >= 0.6 is 0 Å². The fourth-order valence-electron chi connectivity index (χ4n) is 3.71. The molecular weight excluding hydrogens is 318 g/mol. The highest BCUT2D eigenvalue weighted by atomic mass is 32.2. The first-order chi connectivity index (χ1) is 10.8. The molecule has 1 unspecified atom stereocenters. The molecule has 1 heterocycles. The van der Waals surface area contributed by atoms with Crippen molar-refractivity contribution in [2.75, 3.05) is 31.1 Å². The standard InChI is InChI=1S/C15H27N3O4S/c1-2-18(13-7-8-23(21,22)11-13)15(20)10-17(9-14(16)19)12-5-3-4-6-12/h12-13H,2-11H2,1H3,(H2,16,19). The van der Waals surface area contributed by atoms with Gasteiger partial charge in [-0.15, -0.1) is 0 Å². The number of hydrogen-bond donors (Lipinski definition) is 1. The molecule has 2 amide bonds. The van der Waals surface area contributed by atoms with Gasteiger partial charge in [-0.1, -0.05) is 12.8 Å². The molecule has 1 aliphatic carbocycles. The van der Waals surface area contributed by atoms with Gasteiger partial charge in [0.05, 0.1) is 24.6 Å². The maximum atomic E-state index is 12.7. The number of nitrogens with zero attached hydrogens (tertiary/aromatic N) is 2. The molecule has 0 aromatic carbocycles. The van der Waals surface area contributed by atoms with Crippen molar-refractivity contribution in [2.24, 2.45) is 5.73 Å². The zero-order valence-electron chi connectivity index (χ0n) is 13.7. The normalized spacial score (nSPS) is 24.2. The third-order valence-corrected chi connectivity index (χ3v) is 6.60. The van der Waals surface area contributed by atoms with Crippen LogP contribution in [0.1, 0.15) is 39.0 Å². The Bertz CT molecular complexity index is 543. The van der Waals surface area contributed by atoms with Crippen LogP contribution in [0.3, 0.4) is 0 Å². The lowest BCUT2D eigenvalue weighted by molar-refractivity contribution is -0.135. The van der Waals surface area contributed by atoms with Crippen molar-refractivity contribution in [2.45, 2.75) is 51.1 Å². The number of nitrogens with two attached hydrogens (primary N) is 1. The minimum atomic E-state index is -3.03. The van der Waals surface area contributed by atoms with Gasteiger partial charge in [-0.3, -0.25) is 14.5 Å². The van der Waals surface area contributed by atoms with Crippen molar-refractivity contribution >= 4 is 21.7 Å². The number of hydrogen-bond acceptors (Lipinski definition) is 5. The van der Waals surface area contributed by atoms with Crippen molar-refractivity contribution in [3.05, 3.63) is 0 Å². The van der Waals surface area contributed by atoms with E-state index in [2.05, 4.69) is 0 Å². The summed E-state index contributed by atoms with van der Waals surface area (Å²) in [5.41, 5.74) is 5.32. The zero-order chi connectivity index (χ0) is 17.0. The summed E-state index contributed by atoms with van der Waals surface area (Å²) >= 11 is 0. The minimum absolute atomic E-state index is 0.0474. The Labute approximate surface area is 138 Å². The van der Waals surface area contributed by atoms with E-state index in [0.717, 1.165) is 25.7 Å². The largest absolute Gasteiger partial charge is 0.369 e. The van der Waals surface area contributed by atoms with Gasteiger partial charge < -0.3 is 10.6 Å². The third kappa shape index (κ3) is 4.91. The number of carbonyl (C=O) groups is 2. The van der Waals surface area contributed by atoms with E-state index < -0.39 is 15.7 Å². The third-order valence-electron chi connectivity index (χ3n) is 4.85. The molecule has 23 heavy (non-hydrogen) atoms. The average molecular weight is 345 g/mol. The summed E-state index contributed by atoms with van der Waals surface area (Å²) in [4.78, 5) is 27.5. The van der Waals surface area contributed by atoms with Crippen LogP contribution in [0.5, 0.6) is 0 Å². The van der Waals surface area contributed by atoms with Gasteiger partial charge in [0, 0.05) is 18.6 Å². The lowest BCUT2D eigenvalue weighted by Gasteiger charge is -2.32. The molecule has 0 spiro atoms. The van der Waals surface area contributed by atoms with E-state index in [1.807, 2.05) is 11.8 Å². The highest BCUT2D eigenvalue weighted by Crippen LogP contribution is 2.24. The monoisotopic (exact) mass is 345 g/mol. The Morgan fingerprint density at radius 1 is 1.09 bits per heavy atom. The van der Waals surface area contributed by atoms with E-state index >= 15 is 0 Å². The predicted molar refractivity (Wildman–Crippen MR) is 87.5 cm³/mol. The topological polar surface area (TPSA) is 101 Å². The van der Waals surface area contributed by atoms with E-state index in [1.165, 1.54) is 0 Å². The van der Waals surface area contributed by atoms with Gasteiger partial charge in [0.15, 0.2) is 9.84 Å². The Balaban J connectivity index is 2.02. The Kier molecular flexibility index (Phi) is 6.02. The van der Waals surface area contributed by atoms with Gasteiger partial charge >= 0.3 is 0 Å². The second-order valence-corrected chi connectivity index (χ2v) is 8.77. The van der Waals surface area contributed by atoms with Gasteiger partial charge in [0.2, 0.25) is 11.8 Å². The van der Waals surface area contributed by atoms with Crippen molar-refractivity contribution in [3.63, 3.8) is 0 Å². The first kappa shape index (κ1) is 18.2. The number of primary amides is 1. The predicted octanol–water partition coefficient (Wildman–Crippen LogP) is -0.248. The summed E-state index contributed by atoms with van der Waals surface area (Å²) in [5, 5.41) is 0. The van der Waals surface area contributed by atoms with Gasteiger partial charge in [-0.25, -0.2) is 8.42 Å². The molecule has 0 bridgehead atoms. The van der Waals surface area contributed by atoms with Crippen LogP contribution in [-0.2, 0) is 19.4 Å². The van der Waals surface area contributed by atoms with Crippen LogP contribution in [0.2, 0.25) is 0 Å². The van der Waals surface area contributed by atoms with Gasteiger partial charge in [0.25, 0.3) is 0 Å². The highest BCUT2D eigenvalue weighted by molar-refractivity contribution is 7.91. The summed E-state index contributed by atoms with van der Waals surface area (Å²) in [5.74, 6) is -0.347. The Morgan fingerprint density at radius 2 is 1.74 bits per heavy atom. The van der Waals surface area contributed by atoms with Crippen LogP contribution in [0.15, 0.2) is 0 Å². The van der Waals surface area contributed by atoms with E-state index in [0.29, 0.717) is 13.0 Å². The van der Waals surface area contributed by atoms with Crippen LogP contribution < -0.4 is 5.73 Å². The molecular formula is C15H27N3O4S. The first-order valence-corrected chi connectivity index (χ1v) is 10.2. The second kappa shape index (κ2) is 7.61. The molecule has 1 saturated carbocycles. The van der Waals surface area contributed by atoms with Gasteiger partial charge in [0.1, 0.15) is 0 Å². The van der Waals surface area contributed by atoms with Crippen LogP contribution in [0, 0.1) is 0 Å². The molecule has 8 heteroatoms. The smallest absolute Gasteiger partial charge is 0.237 e. The van der Waals surface area contributed by atoms with Crippen molar-refractivity contribution < 1.29 is 18.0 Å². The van der Waals surface area contributed by atoms with Crippen molar-refractivity contribution in [3.8, 4) is 0 Å². The minimum Gasteiger partial charge on any atom is -0.369 e. The summed E-state index contributed by atoms with van der Waals surface area (Å²) in [6, 6.07) is -0.0195. The summed E-state index contributed by atoms with van der Waals surface area (Å²) < 4.78 is 23.3. The lowest BCUT2D eigenvalue weighted by atomic mass is 10.2. The molecule has 2 rings (SSSR count). The quantitative estimate of drug-likeness (QED) is 0.686. The second-order valence-electron chi connectivity index (χ2n) is 6.55. The van der Waals surface area contributed by atoms with Gasteiger partial charge in [-0.2, -0.15) is 0 Å². The number of amides is 2. The summed E-state index contributed by atoms with van der Waals surface area (Å²) in [6.07, 6.45) is 4.66. The molecule has 132 valence electrons. The van der Waals surface area contributed by atoms with E-state index in [-0.39, 0.29) is 42.6 Å². The molecule has 1 saturated heterocycles. The number of rotatable bonds is 7. The SMILES string of the molecule is CCN(C(=O)CN(CC(N)=O)C1CCCC1)C1CCS(=O)(=O)C1. The summed E-state index contributed by atoms with van der Waals surface area (Å²) in [7, 11) is -3.03. The van der Waals surface area contributed by atoms with Crippen molar-refractivity contribution in [1.29, 1.82) is 0 Å². The molecule has 2 N–H and O–H groups in total. The molecule has 7 nitrogen and oxygen atoms in total. The zero-order valence-corrected chi connectivity index (χ0v) is 14.6. The van der Waals surface area contributed by atoms with E-state index in [4.69, 9.17) is 5.73 Å². The maximum Gasteiger partial charge on any atom is 0.237 e. The Hall–Kier alpha value is -1.15. The van der Waals surface area contributed by atoms with Crippen LogP contribution in [0.25, 0.3) is 0 Å². The Morgan fingerprint density at radius 3 is 2.22 bits per heavy atom. The molecule has 1 atom stereocenters. The van der Waals surface area contributed by atoms with Crippen molar-refractivity contribution in [1.82, 2.24) is 9.80 Å².